The Bertz CT molecular complexity index is 493. The van der Waals surface area contributed by atoms with Crippen molar-refractivity contribution in [1.82, 2.24) is 9.97 Å². The Labute approximate surface area is 92.8 Å². The van der Waals surface area contributed by atoms with Crippen LogP contribution in [0.25, 0.3) is 11.0 Å². The summed E-state index contributed by atoms with van der Waals surface area (Å²) in [5.41, 5.74) is 2.57. The van der Waals surface area contributed by atoms with E-state index in [4.69, 9.17) is 4.74 Å². The Morgan fingerprint density at radius 2 is 2.50 bits per heavy atom. The molecule has 2 rings (SSSR count). The van der Waals surface area contributed by atoms with Crippen molar-refractivity contribution in [3.63, 3.8) is 0 Å². The van der Waals surface area contributed by atoms with Crippen LogP contribution in [0.4, 0.5) is 5.69 Å². The first kappa shape index (κ1) is 10.5. The second kappa shape index (κ2) is 4.65. The minimum atomic E-state index is -0.271. The number of nitrogens with one attached hydrogen (secondary N) is 2. The smallest absolute Gasteiger partial charge is 0.325 e. The summed E-state index contributed by atoms with van der Waals surface area (Å²) in [5.74, 6) is -0.271. The number of pyridine rings is 1. The van der Waals surface area contributed by atoms with Gasteiger partial charge in [-0.15, -0.1) is 0 Å². The van der Waals surface area contributed by atoms with Gasteiger partial charge in [0.25, 0.3) is 0 Å². The fraction of sp³-hybridized carbons (Fsp3) is 0.273. The van der Waals surface area contributed by atoms with E-state index < -0.39 is 0 Å². The van der Waals surface area contributed by atoms with Crippen LogP contribution in [0.3, 0.4) is 0 Å². The third-order valence-electron chi connectivity index (χ3n) is 2.16. The Morgan fingerprint density at radius 1 is 1.62 bits per heavy atom. The maximum atomic E-state index is 11.2. The highest BCUT2D eigenvalue weighted by molar-refractivity contribution is 5.89. The largest absolute Gasteiger partial charge is 0.465 e. The number of carbonyl (C=O) groups is 1. The molecular weight excluding hydrogens is 206 g/mol. The van der Waals surface area contributed by atoms with E-state index in [9.17, 15) is 4.79 Å². The van der Waals surface area contributed by atoms with Crippen LogP contribution in [-0.2, 0) is 9.53 Å². The third kappa shape index (κ3) is 2.13. The van der Waals surface area contributed by atoms with Crippen LogP contribution < -0.4 is 5.32 Å². The Hall–Kier alpha value is -2.04. The number of H-pyrrole nitrogens is 1. The predicted molar refractivity (Wildman–Crippen MR) is 61.2 cm³/mol. The topological polar surface area (TPSA) is 67.0 Å². The number of hydrogen-bond donors (Lipinski definition) is 2. The molecule has 5 heteroatoms. The van der Waals surface area contributed by atoms with Crippen LogP contribution >= 0.6 is 0 Å². The summed E-state index contributed by atoms with van der Waals surface area (Å²) in [5, 5.41) is 2.98. The van der Waals surface area contributed by atoms with Crippen LogP contribution in [0, 0.1) is 0 Å². The molecule has 0 unspecified atom stereocenters. The number of aromatic nitrogens is 2. The summed E-state index contributed by atoms with van der Waals surface area (Å²) in [6, 6.07) is 3.78. The SMILES string of the molecule is CCOC(=O)CNc1c[nH]c2cccnc12. The standard InChI is InChI=1S/C11H13N3O2/c1-2-16-10(15)7-14-9-6-13-8-4-3-5-12-11(8)9/h3-6,13-14H,2,7H2,1H3. The molecule has 16 heavy (non-hydrogen) atoms. The zero-order valence-electron chi connectivity index (χ0n) is 8.99. The zero-order valence-corrected chi connectivity index (χ0v) is 8.99. The molecule has 84 valence electrons. The second-order valence-corrected chi connectivity index (χ2v) is 3.26. The molecule has 0 saturated heterocycles. The van der Waals surface area contributed by atoms with Gasteiger partial charge in [0.15, 0.2) is 0 Å². The van der Waals surface area contributed by atoms with Crippen LogP contribution in [0.5, 0.6) is 0 Å². The highest BCUT2D eigenvalue weighted by Crippen LogP contribution is 2.19. The maximum Gasteiger partial charge on any atom is 0.325 e. The summed E-state index contributed by atoms with van der Waals surface area (Å²) >= 11 is 0. The van der Waals surface area contributed by atoms with Crippen LogP contribution in [-0.4, -0.2) is 29.1 Å². The first-order valence-corrected chi connectivity index (χ1v) is 5.13. The van der Waals surface area contributed by atoms with Crippen molar-refractivity contribution in [1.29, 1.82) is 0 Å². The highest BCUT2D eigenvalue weighted by Gasteiger charge is 2.06. The molecule has 0 fully saturated rings. The molecule has 0 aliphatic carbocycles. The Morgan fingerprint density at radius 3 is 3.31 bits per heavy atom. The average molecular weight is 219 g/mol. The quantitative estimate of drug-likeness (QED) is 0.765. The molecule has 0 saturated carbocycles. The average Bonchev–Trinajstić information content (AvgIpc) is 2.70. The highest BCUT2D eigenvalue weighted by atomic mass is 16.5. The minimum Gasteiger partial charge on any atom is -0.465 e. The first-order chi connectivity index (χ1) is 7.81. The number of nitrogens with zero attached hydrogens (tertiary/aromatic N) is 1. The van der Waals surface area contributed by atoms with Gasteiger partial charge < -0.3 is 15.0 Å². The second-order valence-electron chi connectivity index (χ2n) is 3.26. The van der Waals surface area contributed by atoms with Crippen LogP contribution in [0.1, 0.15) is 6.92 Å². The van der Waals surface area contributed by atoms with E-state index in [-0.39, 0.29) is 12.5 Å². The molecule has 0 amide bonds. The summed E-state index contributed by atoms with van der Waals surface area (Å²) in [7, 11) is 0. The van der Waals surface area contributed by atoms with Crippen molar-refractivity contribution in [2.24, 2.45) is 0 Å². The van der Waals surface area contributed by atoms with E-state index in [1.165, 1.54) is 0 Å². The number of fused-ring (bicyclic) bond motifs is 1. The molecule has 2 N–H and O–H groups in total. The van der Waals surface area contributed by atoms with E-state index in [1.54, 1.807) is 19.3 Å². The maximum absolute atomic E-state index is 11.2. The van der Waals surface area contributed by atoms with Gasteiger partial charge in [0.1, 0.15) is 12.1 Å². The van der Waals surface area contributed by atoms with Gasteiger partial charge in [-0.25, -0.2) is 0 Å². The first-order valence-electron chi connectivity index (χ1n) is 5.13. The van der Waals surface area contributed by atoms with E-state index in [2.05, 4.69) is 15.3 Å². The van der Waals surface area contributed by atoms with Crippen molar-refractivity contribution in [3.05, 3.63) is 24.5 Å². The Kier molecular flexibility index (Phi) is 3.05. The van der Waals surface area contributed by atoms with Gasteiger partial charge in [0, 0.05) is 12.4 Å². The normalized spacial score (nSPS) is 10.3. The molecule has 0 radical (unpaired) electrons. The number of hydrogen-bond acceptors (Lipinski definition) is 4. The molecule has 0 aliphatic heterocycles. The van der Waals surface area contributed by atoms with E-state index in [1.807, 2.05) is 12.1 Å². The molecule has 0 aliphatic rings. The van der Waals surface area contributed by atoms with Crippen molar-refractivity contribution >= 4 is 22.7 Å². The summed E-state index contributed by atoms with van der Waals surface area (Å²) in [6.45, 7) is 2.33. The minimum absolute atomic E-state index is 0.150. The van der Waals surface area contributed by atoms with Crippen molar-refractivity contribution in [2.75, 3.05) is 18.5 Å². The fourth-order valence-electron chi connectivity index (χ4n) is 1.47. The van der Waals surface area contributed by atoms with E-state index in [0.717, 1.165) is 16.7 Å². The van der Waals surface area contributed by atoms with Gasteiger partial charge in [-0.1, -0.05) is 0 Å². The molecule has 2 aromatic heterocycles. The monoisotopic (exact) mass is 219 g/mol. The molecule has 0 spiro atoms. The Balaban J connectivity index is 2.07. The lowest BCUT2D eigenvalue weighted by Gasteiger charge is -2.03. The van der Waals surface area contributed by atoms with E-state index >= 15 is 0 Å². The number of aromatic amines is 1. The lowest BCUT2D eigenvalue weighted by molar-refractivity contribution is -0.140. The van der Waals surface area contributed by atoms with Crippen molar-refractivity contribution in [2.45, 2.75) is 6.92 Å². The number of rotatable bonds is 4. The van der Waals surface area contributed by atoms with Gasteiger partial charge in [0.2, 0.25) is 0 Å². The van der Waals surface area contributed by atoms with Crippen LogP contribution in [0.15, 0.2) is 24.5 Å². The molecule has 0 bridgehead atoms. The zero-order chi connectivity index (χ0) is 11.4. The molecule has 0 aromatic carbocycles. The van der Waals surface area contributed by atoms with Gasteiger partial charge in [-0.2, -0.15) is 0 Å². The molecule has 2 heterocycles. The fourth-order valence-corrected chi connectivity index (χ4v) is 1.47. The predicted octanol–water partition coefficient (Wildman–Crippen LogP) is 1.54. The van der Waals surface area contributed by atoms with Crippen molar-refractivity contribution in [3.8, 4) is 0 Å². The summed E-state index contributed by atoms with van der Waals surface area (Å²) < 4.78 is 4.82. The molecule has 0 atom stereocenters. The number of esters is 1. The van der Waals surface area contributed by atoms with Gasteiger partial charge in [-0.3, -0.25) is 9.78 Å². The summed E-state index contributed by atoms with van der Waals surface area (Å²) in [4.78, 5) is 18.4. The van der Waals surface area contributed by atoms with Crippen molar-refractivity contribution < 1.29 is 9.53 Å². The number of ether oxygens (including phenoxy) is 1. The number of anilines is 1. The van der Waals surface area contributed by atoms with Crippen LogP contribution in [0.2, 0.25) is 0 Å². The van der Waals surface area contributed by atoms with E-state index in [0.29, 0.717) is 6.61 Å². The molecule has 2 aromatic rings. The lowest BCUT2D eigenvalue weighted by Crippen LogP contribution is -2.16. The van der Waals surface area contributed by atoms with Gasteiger partial charge in [-0.05, 0) is 19.1 Å². The lowest BCUT2D eigenvalue weighted by atomic mass is 10.3. The van der Waals surface area contributed by atoms with Gasteiger partial charge >= 0.3 is 5.97 Å². The molecule has 5 nitrogen and oxygen atoms in total. The summed E-state index contributed by atoms with van der Waals surface area (Å²) in [6.07, 6.45) is 3.50. The molecular formula is C11H13N3O2. The third-order valence-corrected chi connectivity index (χ3v) is 2.16. The van der Waals surface area contributed by atoms with Gasteiger partial charge in [0.05, 0.1) is 17.8 Å². The number of carbonyl (C=O) groups excluding carboxylic acids is 1.